The summed E-state index contributed by atoms with van der Waals surface area (Å²) in [4.78, 5) is 53.0. The van der Waals surface area contributed by atoms with E-state index in [4.69, 9.17) is 19.6 Å². The number of aromatic nitrogens is 2. The first-order chi connectivity index (χ1) is 20.1. The molecule has 2 aromatic heterocycles. The molecule has 5 rings (SSSR count). The van der Waals surface area contributed by atoms with E-state index in [1.807, 2.05) is 25.1 Å². The molecule has 230 valence electrons. The highest BCUT2D eigenvalue weighted by molar-refractivity contribution is 5.89. The summed E-state index contributed by atoms with van der Waals surface area (Å²) in [6, 6.07) is 7.05. The van der Waals surface area contributed by atoms with Crippen molar-refractivity contribution in [2.75, 3.05) is 20.6 Å². The van der Waals surface area contributed by atoms with Crippen LogP contribution in [-0.4, -0.2) is 74.0 Å². The molecule has 0 unspecified atom stereocenters. The Morgan fingerprint density at radius 3 is 2.51 bits per heavy atom. The molecule has 0 fully saturated rings. The van der Waals surface area contributed by atoms with Crippen LogP contribution in [0, 0.1) is 0 Å². The van der Waals surface area contributed by atoms with Gasteiger partial charge in [-0.3, -0.25) is 9.59 Å². The summed E-state index contributed by atoms with van der Waals surface area (Å²) in [5.74, 6) is -1.63. The minimum absolute atomic E-state index is 0.104. The molecule has 3 aromatic rings. The first-order valence-electron chi connectivity index (χ1n) is 13.7. The summed E-state index contributed by atoms with van der Waals surface area (Å²) in [5.41, 5.74) is 1.44. The van der Waals surface area contributed by atoms with Gasteiger partial charge in [-0.15, -0.1) is 0 Å². The number of esters is 1. The standard InChI is InChI=1S/C23H23N3O5.C7H13NO4/c1-4-23(30)16-8-18-20-12(9-26(18)21(28)15(16)11-31-22(23)29)7-13-14(10-25(2)3)19(27)6-5-17(13)24-20;1-7(2,3)12-6(11)8-4-5(9)10/h5-8,27,30H,4,9-11H2,1-3H3;4H2,1-3H3,(H,8,11)(H,9,10)/t23-;/m0./s1. The number of cyclic esters (lactones) is 1. The molecule has 13 nitrogen and oxygen atoms in total. The average molecular weight is 597 g/mol. The number of hydrogen-bond donors (Lipinski definition) is 4. The molecule has 1 aromatic carbocycles. The lowest BCUT2D eigenvalue weighted by Gasteiger charge is -2.31. The maximum Gasteiger partial charge on any atom is 0.408 e. The molecule has 43 heavy (non-hydrogen) atoms. The molecular formula is C30H36N4O9. The molecule has 1 atom stereocenters. The third kappa shape index (κ3) is 6.32. The number of carbonyl (C=O) groups is 3. The number of ether oxygens (including phenoxy) is 2. The van der Waals surface area contributed by atoms with Gasteiger partial charge in [0.2, 0.25) is 0 Å². The number of benzene rings is 1. The van der Waals surface area contributed by atoms with Crippen LogP contribution in [0.25, 0.3) is 22.3 Å². The predicted molar refractivity (Wildman–Crippen MR) is 155 cm³/mol. The molecule has 0 aliphatic carbocycles. The Bertz CT molecular complexity index is 1670. The Hall–Kier alpha value is -4.49. The van der Waals surface area contributed by atoms with Gasteiger partial charge < -0.3 is 39.6 Å². The van der Waals surface area contributed by atoms with Crippen LogP contribution in [0.15, 0.2) is 29.1 Å². The van der Waals surface area contributed by atoms with Gasteiger partial charge in [0.15, 0.2) is 5.60 Å². The molecule has 0 spiro atoms. The number of aromatic hydroxyl groups is 1. The highest BCUT2D eigenvalue weighted by Crippen LogP contribution is 2.39. The van der Waals surface area contributed by atoms with Crippen molar-refractivity contribution in [3.63, 3.8) is 0 Å². The van der Waals surface area contributed by atoms with Gasteiger partial charge in [-0.2, -0.15) is 0 Å². The number of fused-ring (bicyclic) bond motifs is 5. The normalized spacial score (nSPS) is 16.9. The van der Waals surface area contributed by atoms with Crippen molar-refractivity contribution in [3.05, 3.63) is 56.9 Å². The molecule has 0 saturated carbocycles. The lowest BCUT2D eigenvalue weighted by Crippen LogP contribution is -2.44. The van der Waals surface area contributed by atoms with Gasteiger partial charge in [-0.05, 0) is 65.6 Å². The summed E-state index contributed by atoms with van der Waals surface area (Å²) < 4.78 is 11.5. The van der Waals surface area contributed by atoms with Crippen molar-refractivity contribution in [3.8, 4) is 17.1 Å². The molecule has 2 aliphatic rings. The largest absolute Gasteiger partial charge is 0.508 e. The Labute approximate surface area is 247 Å². The maximum absolute atomic E-state index is 13.2. The van der Waals surface area contributed by atoms with E-state index in [1.165, 1.54) is 0 Å². The van der Waals surface area contributed by atoms with Crippen LogP contribution in [0.4, 0.5) is 4.79 Å². The monoisotopic (exact) mass is 596 g/mol. The number of hydrogen-bond acceptors (Lipinski definition) is 10. The molecule has 4 N–H and O–H groups in total. The fourth-order valence-corrected chi connectivity index (χ4v) is 5.04. The number of carboxylic acids is 1. The number of nitrogens with zero attached hydrogens (tertiary/aromatic N) is 3. The SMILES string of the molecule is CC(C)(C)OC(=O)NCC(=O)O.CC[C@@]1(O)C(=O)OCc2c1cc1n(c2=O)Cc2cc3c(CN(C)C)c(O)ccc3nc2-1. The average Bonchev–Trinajstić information content (AvgIpc) is 3.28. The van der Waals surface area contributed by atoms with Crippen LogP contribution < -0.4 is 10.9 Å². The highest BCUT2D eigenvalue weighted by Gasteiger charge is 2.45. The van der Waals surface area contributed by atoms with Gasteiger partial charge in [0.05, 0.1) is 29.0 Å². The minimum Gasteiger partial charge on any atom is -0.508 e. The van der Waals surface area contributed by atoms with E-state index in [0.717, 1.165) is 16.5 Å². The number of carboxylic acid groups (broad SMARTS) is 1. The smallest absolute Gasteiger partial charge is 0.408 e. The van der Waals surface area contributed by atoms with Crippen LogP contribution in [0.1, 0.15) is 56.4 Å². The van der Waals surface area contributed by atoms with Crippen molar-refractivity contribution in [1.29, 1.82) is 0 Å². The zero-order valence-corrected chi connectivity index (χ0v) is 25.0. The highest BCUT2D eigenvalue weighted by atomic mass is 16.6. The molecular weight excluding hydrogens is 560 g/mol. The molecule has 0 bridgehead atoms. The van der Waals surface area contributed by atoms with Gasteiger partial charge in [0, 0.05) is 28.6 Å². The predicted octanol–water partition coefficient (Wildman–Crippen LogP) is 2.44. The van der Waals surface area contributed by atoms with E-state index in [0.29, 0.717) is 41.1 Å². The number of carbonyl (C=O) groups excluding carboxylic acids is 2. The van der Waals surface area contributed by atoms with Crippen molar-refractivity contribution in [1.82, 2.24) is 19.8 Å². The number of nitrogens with one attached hydrogen (secondary N) is 1. The third-order valence-electron chi connectivity index (χ3n) is 7.04. The second-order valence-corrected chi connectivity index (χ2v) is 11.7. The topological polar surface area (TPSA) is 181 Å². The molecule has 1 amide bonds. The Kier molecular flexibility index (Phi) is 8.52. The summed E-state index contributed by atoms with van der Waals surface area (Å²) in [7, 11) is 3.86. The van der Waals surface area contributed by atoms with Gasteiger partial charge in [-0.25, -0.2) is 14.6 Å². The summed E-state index contributed by atoms with van der Waals surface area (Å²) in [5, 5.41) is 32.4. The van der Waals surface area contributed by atoms with E-state index in [2.05, 4.69) is 5.32 Å². The van der Waals surface area contributed by atoms with Crippen LogP contribution in [-0.2, 0) is 44.4 Å². The van der Waals surface area contributed by atoms with Crippen molar-refractivity contribution in [2.24, 2.45) is 0 Å². The number of rotatable bonds is 5. The van der Waals surface area contributed by atoms with E-state index in [9.17, 15) is 29.4 Å². The molecule has 2 aliphatic heterocycles. The summed E-state index contributed by atoms with van der Waals surface area (Å²) in [6.45, 7) is 7.09. The number of phenolic OH excluding ortho intramolecular Hbond substituents is 1. The van der Waals surface area contributed by atoms with Crippen LogP contribution in [0.2, 0.25) is 0 Å². The Balaban J connectivity index is 0.000000301. The third-order valence-corrected chi connectivity index (χ3v) is 7.04. The van der Waals surface area contributed by atoms with Crippen molar-refractivity contribution < 1.29 is 39.2 Å². The molecule has 0 radical (unpaired) electrons. The Morgan fingerprint density at radius 1 is 1.21 bits per heavy atom. The van der Waals surface area contributed by atoms with Crippen molar-refractivity contribution in [2.45, 2.75) is 65.0 Å². The zero-order valence-electron chi connectivity index (χ0n) is 25.0. The van der Waals surface area contributed by atoms with Crippen molar-refractivity contribution >= 4 is 28.9 Å². The number of aliphatic hydroxyl groups is 1. The van der Waals surface area contributed by atoms with E-state index >= 15 is 0 Å². The molecule has 0 saturated heterocycles. The van der Waals surface area contributed by atoms with Gasteiger partial charge in [0.1, 0.15) is 24.5 Å². The van der Waals surface area contributed by atoms with Crippen LogP contribution in [0.5, 0.6) is 5.75 Å². The Morgan fingerprint density at radius 2 is 1.91 bits per heavy atom. The van der Waals surface area contributed by atoms with Crippen LogP contribution in [0.3, 0.4) is 0 Å². The fourth-order valence-electron chi connectivity index (χ4n) is 5.04. The molecule has 4 heterocycles. The minimum atomic E-state index is -1.84. The lowest BCUT2D eigenvalue weighted by atomic mass is 9.86. The van der Waals surface area contributed by atoms with E-state index in [-0.39, 0.29) is 24.3 Å². The van der Waals surface area contributed by atoms with Gasteiger partial charge in [0.25, 0.3) is 5.56 Å². The molecule has 13 heteroatoms. The second kappa shape index (κ2) is 11.7. The number of amides is 1. The first-order valence-corrected chi connectivity index (χ1v) is 13.7. The summed E-state index contributed by atoms with van der Waals surface area (Å²) >= 11 is 0. The number of aliphatic carboxylic acids is 1. The van der Waals surface area contributed by atoms with Gasteiger partial charge in [-0.1, -0.05) is 6.92 Å². The quantitative estimate of drug-likeness (QED) is 0.249. The second-order valence-electron chi connectivity index (χ2n) is 11.7. The lowest BCUT2D eigenvalue weighted by molar-refractivity contribution is -0.172. The first kappa shape index (κ1) is 31.4. The summed E-state index contributed by atoms with van der Waals surface area (Å²) in [6.07, 6.45) is -0.614. The number of alkyl carbamates (subject to hydrolysis) is 1. The van der Waals surface area contributed by atoms with E-state index < -0.39 is 35.8 Å². The van der Waals surface area contributed by atoms with Gasteiger partial charge >= 0.3 is 18.0 Å². The van der Waals surface area contributed by atoms with E-state index in [1.54, 1.807) is 50.5 Å². The number of phenols is 1. The zero-order chi connectivity index (χ0) is 31.9. The van der Waals surface area contributed by atoms with Crippen LogP contribution >= 0.6 is 0 Å². The maximum atomic E-state index is 13.2. The fraction of sp³-hybridized carbons (Fsp3) is 0.433. The number of pyridine rings is 2.